The molecule has 2 unspecified atom stereocenters. The van der Waals surface area contributed by atoms with Gasteiger partial charge >= 0.3 is 0 Å². The maximum atomic E-state index is 12.4. The number of benzene rings is 1. The highest BCUT2D eigenvalue weighted by Gasteiger charge is 2.25. The van der Waals surface area contributed by atoms with Gasteiger partial charge in [0.15, 0.2) is 11.5 Å². The molecule has 1 aromatic carbocycles. The van der Waals surface area contributed by atoms with Crippen LogP contribution in [-0.2, 0) is 6.42 Å². The van der Waals surface area contributed by atoms with Crippen LogP contribution >= 0.6 is 57.0 Å². The average Bonchev–Trinajstić information content (AvgIpc) is 2.52. The van der Waals surface area contributed by atoms with Gasteiger partial charge in [-0.25, -0.2) is 0 Å². The van der Waals surface area contributed by atoms with E-state index in [4.69, 9.17) is 18.5 Å². The lowest BCUT2D eigenvalue weighted by Crippen LogP contribution is -2.03. The molecule has 0 spiro atoms. The number of halogens is 3. The molecule has 0 heterocycles. The predicted molar refractivity (Wildman–Crippen MR) is 109 cm³/mol. The number of unbranched alkanes of at least 4 members (excludes halogenated alkanes) is 1. The molecule has 4 nitrogen and oxygen atoms in total. The second-order valence-electron chi connectivity index (χ2n) is 4.33. The van der Waals surface area contributed by atoms with Gasteiger partial charge in [-0.1, -0.05) is 0 Å². The van der Waals surface area contributed by atoms with Crippen LogP contribution in [0.5, 0.6) is 23.0 Å². The van der Waals surface area contributed by atoms with Gasteiger partial charge in [-0.15, -0.1) is 0 Å². The molecule has 9 heteroatoms. The average molecular weight is 574 g/mol. The van der Waals surface area contributed by atoms with Gasteiger partial charge in [0.05, 0.1) is 20.9 Å². The Morgan fingerprint density at radius 1 is 0.909 bits per heavy atom. The number of alkyl halides is 1. The maximum Gasteiger partial charge on any atom is 0.207 e. The molecule has 0 fully saturated rings. The highest BCUT2D eigenvalue weighted by Crippen LogP contribution is 2.53. The van der Waals surface area contributed by atoms with Crippen LogP contribution in [0.2, 0.25) is 0 Å². The molecule has 0 aliphatic rings. The number of rotatable bonds is 10. The summed E-state index contributed by atoms with van der Waals surface area (Å²) in [5, 5.41) is 0. The molecule has 0 aromatic heterocycles. The number of hydrogen-bond acceptors (Lipinski definition) is 4. The van der Waals surface area contributed by atoms with E-state index >= 15 is 0 Å². The third-order valence-corrected chi connectivity index (χ3v) is 5.07. The summed E-state index contributed by atoms with van der Waals surface area (Å²) in [6.07, 6.45) is 2.00. The van der Waals surface area contributed by atoms with Gasteiger partial charge in [-0.3, -0.25) is 4.39 Å². The van der Waals surface area contributed by atoms with Gasteiger partial charge < -0.3 is 18.5 Å². The van der Waals surface area contributed by atoms with E-state index in [0.29, 0.717) is 35.8 Å². The molecule has 0 saturated carbocycles. The van der Waals surface area contributed by atoms with Crippen molar-refractivity contribution in [2.75, 3.05) is 20.9 Å². The fourth-order valence-corrected chi connectivity index (χ4v) is 4.13. The van der Waals surface area contributed by atoms with E-state index in [-0.39, 0.29) is 19.6 Å². The van der Waals surface area contributed by atoms with Crippen molar-refractivity contribution in [3.8, 4) is 23.0 Å². The largest absolute Gasteiger partial charge is 0.490 e. The van der Waals surface area contributed by atoms with Gasteiger partial charge in [0.25, 0.3) is 0 Å². The summed E-state index contributed by atoms with van der Waals surface area (Å²) >= 11 is 4.33. The van der Waals surface area contributed by atoms with Crippen LogP contribution in [0.4, 0.5) is 4.39 Å². The van der Waals surface area contributed by atoms with Crippen LogP contribution in [0.15, 0.2) is 0 Å². The normalized spacial score (nSPS) is 11.5. The Hall–Kier alpha value is 0.670. The lowest BCUT2D eigenvalue weighted by molar-refractivity contribution is 0.336. The number of methoxy groups -OCH3 is 2. The summed E-state index contributed by atoms with van der Waals surface area (Å²) in [6.45, 7) is 2.17. The van der Waals surface area contributed by atoms with Crippen molar-refractivity contribution < 1.29 is 22.9 Å². The Morgan fingerprint density at radius 2 is 1.45 bits per heavy atom. The molecule has 22 heavy (non-hydrogen) atoms. The maximum absolute atomic E-state index is 12.4. The van der Waals surface area contributed by atoms with Crippen molar-refractivity contribution in [1.82, 2.24) is 0 Å². The topological polar surface area (TPSA) is 36.9 Å². The minimum atomic E-state index is -0.310. The standard InChI is InChI=1S/C13H19FI2O4P2/c1-8-9(6-4-5-7-14)11(20-22-16)13(18-3)12(17-2)10(8)19-21-15/h21-22H,4-7H2,1-3H3. The Kier molecular flexibility index (Phi) is 10.6. The smallest absolute Gasteiger partial charge is 0.207 e. The van der Waals surface area contributed by atoms with Crippen molar-refractivity contribution in [3.63, 3.8) is 0 Å². The van der Waals surface area contributed by atoms with E-state index < -0.39 is 0 Å². The van der Waals surface area contributed by atoms with Gasteiger partial charge in [-0.2, -0.15) is 0 Å². The van der Waals surface area contributed by atoms with E-state index in [1.54, 1.807) is 14.2 Å². The Morgan fingerprint density at radius 3 is 1.95 bits per heavy atom. The molecule has 1 aromatic rings. The quantitative estimate of drug-likeness (QED) is 0.197. The van der Waals surface area contributed by atoms with E-state index in [1.807, 2.05) is 6.92 Å². The molecule has 0 aliphatic carbocycles. The van der Waals surface area contributed by atoms with Gasteiger partial charge in [0, 0.05) is 11.1 Å². The lowest BCUT2D eigenvalue weighted by Gasteiger charge is -2.22. The first-order valence-corrected chi connectivity index (χ1v) is 14.6. The summed E-state index contributed by atoms with van der Waals surface area (Å²) < 4.78 is 35.0. The van der Waals surface area contributed by atoms with E-state index in [2.05, 4.69) is 44.1 Å². The summed E-state index contributed by atoms with van der Waals surface area (Å²) in [5.74, 6) is 2.43. The van der Waals surface area contributed by atoms with Crippen LogP contribution in [0.25, 0.3) is 0 Å². The molecular formula is C13H19FI2O4P2. The summed E-state index contributed by atoms with van der Waals surface area (Å²) in [7, 11) is 3.16. The summed E-state index contributed by atoms with van der Waals surface area (Å²) in [4.78, 5) is 0. The third-order valence-electron chi connectivity index (χ3n) is 3.19. The predicted octanol–water partition coefficient (Wildman–Crippen LogP) is 5.95. The second kappa shape index (κ2) is 11.3. The van der Waals surface area contributed by atoms with Crippen molar-refractivity contribution in [3.05, 3.63) is 11.1 Å². The van der Waals surface area contributed by atoms with Gasteiger partial charge in [-0.05, 0) is 70.3 Å². The first-order valence-electron chi connectivity index (χ1n) is 6.54. The Bertz CT molecular complexity index is 492. The van der Waals surface area contributed by atoms with Crippen LogP contribution in [0.3, 0.4) is 0 Å². The van der Waals surface area contributed by atoms with Crippen LogP contribution in [0.1, 0.15) is 24.0 Å². The highest BCUT2D eigenvalue weighted by molar-refractivity contribution is 14.2. The van der Waals surface area contributed by atoms with Gasteiger partial charge in [0.2, 0.25) is 11.5 Å². The molecule has 0 N–H and O–H groups in total. The molecule has 2 atom stereocenters. The van der Waals surface area contributed by atoms with Crippen molar-refractivity contribution in [2.45, 2.75) is 26.2 Å². The Labute approximate surface area is 160 Å². The van der Waals surface area contributed by atoms with E-state index in [9.17, 15) is 4.39 Å². The fourth-order valence-electron chi connectivity index (χ4n) is 2.20. The zero-order valence-corrected chi connectivity index (χ0v) is 18.9. The molecule has 126 valence electrons. The first kappa shape index (κ1) is 20.7. The molecule has 0 bridgehead atoms. The molecule has 0 amide bonds. The lowest BCUT2D eigenvalue weighted by atomic mass is 9.99. The second-order valence-corrected chi connectivity index (χ2v) is 7.69. The molecule has 0 radical (unpaired) electrons. The van der Waals surface area contributed by atoms with Crippen LogP contribution in [0, 0.1) is 6.92 Å². The van der Waals surface area contributed by atoms with E-state index in [1.165, 1.54) is 0 Å². The monoisotopic (exact) mass is 574 g/mol. The number of hydrogen-bond donors (Lipinski definition) is 0. The third kappa shape index (κ3) is 5.08. The van der Waals surface area contributed by atoms with Crippen LogP contribution < -0.4 is 18.5 Å². The minimum Gasteiger partial charge on any atom is -0.490 e. The highest BCUT2D eigenvalue weighted by atomic mass is 127. The molecule has 0 aliphatic heterocycles. The molecule has 1 rings (SSSR count). The fraction of sp³-hybridized carbons (Fsp3) is 0.538. The zero-order chi connectivity index (χ0) is 16.5. The SMILES string of the molecule is COc1c(OPI)c(C)c(CCCCF)c(OPI)c1OC. The first-order chi connectivity index (χ1) is 10.7. The molecular weight excluding hydrogens is 555 g/mol. The number of ether oxygens (including phenoxy) is 2. The van der Waals surface area contributed by atoms with Crippen molar-refractivity contribution in [1.29, 1.82) is 0 Å². The van der Waals surface area contributed by atoms with Crippen molar-refractivity contribution in [2.24, 2.45) is 0 Å². The van der Waals surface area contributed by atoms with Crippen molar-refractivity contribution >= 4 is 57.0 Å². The van der Waals surface area contributed by atoms with Crippen LogP contribution in [-0.4, -0.2) is 20.9 Å². The Balaban J connectivity index is 3.44. The van der Waals surface area contributed by atoms with E-state index in [0.717, 1.165) is 17.5 Å². The zero-order valence-electron chi connectivity index (χ0n) is 12.6. The minimum absolute atomic E-state index is 0.248. The summed E-state index contributed by atoms with van der Waals surface area (Å²) in [5.41, 5.74) is 1.96. The van der Waals surface area contributed by atoms with Gasteiger partial charge in [0.1, 0.15) is 12.9 Å². The molecule has 0 saturated heterocycles. The summed E-state index contributed by atoms with van der Waals surface area (Å²) in [6, 6.07) is 0.